The van der Waals surface area contributed by atoms with E-state index in [1.807, 2.05) is 6.92 Å². The summed E-state index contributed by atoms with van der Waals surface area (Å²) in [5, 5.41) is 0. The number of carbonyl (C=O) groups is 1. The van der Waals surface area contributed by atoms with Crippen molar-refractivity contribution in [3.8, 4) is 11.8 Å². The predicted octanol–water partition coefficient (Wildman–Crippen LogP) is 3.79. The Bertz CT molecular complexity index is 437. The lowest BCUT2D eigenvalue weighted by Crippen LogP contribution is -2.01. The van der Waals surface area contributed by atoms with Crippen LogP contribution >= 0.6 is 7.60 Å². The Hall–Kier alpha value is -1.08. The summed E-state index contributed by atoms with van der Waals surface area (Å²) in [4.78, 5) is 11.0. The molecule has 22 heavy (non-hydrogen) atoms. The quantitative estimate of drug-likeness (QED) is 0.346. The average molecular weight is 330 g/mol. The fraction of sp³-hybridized carbons (Fsp3) is 0.688. The molecule has 0 aromatic heterocycles. The van der Waals surface area contributed by atoms with Gasteiger partial charge in [-0.1, -0.05) is 24.8 Å². The Morgan fingerprint density at radius 1 is 1.27 bits per heavy atom. The van der Waals surface area contributed by atoms with E-state index in [4.69, 9.17) is 9.05 Å². The van der Waals surface area contributed by atoms with Crippen molar-refractivity contribution < 1.29 is 23.1 Å². The van der Waals surface area contributed by atoms with Crippen molar-refractivity contribution in [3.05, 3.63) is 12.2 Å². The van der Waals surface area contributed by atoms with Crippen molar-refractivity contribution in [2.75, 3.05) is 26.5 Å². The molecule has 0 amide bonds. The van der Waals surface area contributed by atoms with Crippen LogP contribution in [0.15, 0.2) is 12.2 Å². The number of methoxy groups -OCH3 is 1. The maximum atomic E-state index is 12.2. The van der Waals surface area contributed by atoms with Gasteiger partial charge in [0.05, 0.1) is 26.5 Å². The zero-order valence-corrected chi connectivity index (χ0v) is 14.9. The second kappa shape index (κ2) is 12.5. The predicted molar refractivity (Wildman–Crippen MR) is 87.7 cm³/mol. The number of allylic oxidation sites excluding steroid dienone is 2. The van der Waals surface area contributed by atoms with Gasteiger partial charge in [0.15, 0.2) is 0 Å². The van der Waals surface area contributed by atoms with Gasteiger partial charge in [0.2, 0.25) is 0 Å². The van der Waals surface area contributed by atoms with Crippen LogP contribution in [-0.2, 0) is 23.1 Å². The normalized spacial score (nSPS) is 12.7. The highest BCUT2D eigenvalue weighted by Gasteiger charge is 2.20. The summed E-state index contributed by atoms with van der Waals surface area (Å²) in [7, 11) is -1.63. The van der Waals surface area contributed by atoms with Crippen LogP contribution < -0.4 is 0 Å². The summed E-state index contributed by atoms with van der Waals surface area (Å²) >= 11 is 0. The minimum Gasteiger partial charge on any atom is -0.469 e. The van der Waals surface area contributed by atoms with E-state index in [0.29, 0.717) is 19.6 Å². The molecule has 0 N–H and O–H groups in total. The first-order valence-electron chi connectivity index (χ1n) is 7.58. The number of rotatable bonds is 10. The molecule has 0 aromatic carbocycles. The first kappa shape index (κ1) is 20.9. The molecule has 0 unspecified atom stereocenters. The highest BCUT2D eigenvalue weighted by molar-refractivity contribution is 7.54. The summed E-state index contributed by atoms with van der Waals surface area (Å²) in [5.41, 5.74) is 0. The second-order valence-corrected chi connectivity index (χ2v) is 6.79. The van der Waals surface area contributed by atoms with Gasteiger partial charge in [-0.25, -0.2) is 0 Å². The number of hydrogen-bond acceptors (Lipinski definition) is 5. The number of esters is 1. The van der Waals surface area contributed by atoms with Gasteiger partial charge in [-0.15, -0.1) is 0 Å². The van der Waals surface area contributed by atoms with Crippen molar-refractivity contribution >= 4 is 13.6 Å². The van der Waals surface area contributed by atoms with E-state index in [9.17, 15) is 9.36 Å². The highest BCUT2D eigenvalue weighted by Crippen LogP contribution is 2.47. The molecule has 0 aromatic rings. The van der Waals surface area contributed by atoms with Gasteiger partial charge < -0.3 is 13.8 Å². The van der Waals surface area contributed by atoms with Crippen molar-refractivity contribution in [1.82, 2.24) is 0 Å². The van der Waals surface area contributed by atoms with E-state index in [1.165, 1.54) is 7.11 Å². The molecule has 0 spiro atoms. The van der Waals surface area contributed by atoms with E-state index < -0.39 is 7.60 Å². The van der Waals surface area contributed by atoms with E-state index >= 15 is 0 Å². The van der Waals surface area contributed by atoms with Crippen LogP contribution in [0, 0.1) is 17.8 Å². The van der Waals surface area contributed by atoms with Crippen LogP contribution in [0.4, 0.5) is 0 Å². The first-order valence-corrected chi connectivity index (χ1v) is 9.31. The number of hydrogen-bond donors (Lipinski definition) is 0. The maximum Gasteiger partial charge on any atom is 0.334 e. The van der Waals surface area contributed by atoms with Crippen molar-refractivity contribution in [2.45, 2.75) is 40.0 Å². The van der Waals surface area contributed by atoms with Crippen LogP contribution in [-0.4, -0.2) is 32.5 Å². The van der Waals surface area contributed by atoms with E-state index in [2.05, 4.69) is 16.6 Å². The summed E-state index contributed by atoms with van der Waals surface area (Å²) < 4.78 is 27.1. The lowest BCUT2D eigenvalue weighted by atomic mass is 10.1. The Morgan fingerprint density at radius 3 is 2.45 bits per heavy atom. The van der Waals surface area contributed by atoms with Gasteiger partial charge in [-0.2, -0.15) is 0 Å². The molecule has 0 aliphatic carbocycles. The van der Waals surface area contributed by atoms with Crippen molar-refractivity contribution in [1.29, 1.82) is 0 Å². The molecular formula is C16H27O5P. The molecule has 0 bridgehead atoms. The maximum absolute atomic E-state index is 12.2. The molecule has 5 nitrogen and oxygen atoms in total. The molecule has 6 heteroatoms. The SMILES string of the molecule is CCOP(=O)(C/C=C/C#C[C@@H](C)CCCC(=O)OC)OCC. The standard InChI is InChI=1S/C16H27O5P/c1-5-20-22(18,21-6-2)14-9-7-8-11-15(3)12-10-13-16(17)19-4/h7,9,15H,5-6,10,12-14H2,1-4H3/b9-7+/t15-/m1/s1. The summed E-state index contributed by atoms with van der Waals surface area (Å²) in [6.07, 6.45) is 5.62. The Morgan fingerprint density at radius 2 is 1.91 bits per heavy atom. The lowest BCUT2D eigenvalue weighted by Gasteiger charge is -2.14. The minimum atomic E-state index is -3.02. The fourth-order valence-corrected chi connectivity index (χ4v) is 3.13. The fourth-order valence-electron chi connectivity index (χ4n) is 1.69. The number of carbonyl (C=O) groups excluding carboxylic acids is 1. The van der Waals surface area contributed by atoms with Gasteiger partial charge in [0, 0.05) is 12.3 Å². The molecule has 0 aliphatic heterocycles. The Labute approximate surface area is 133 Å². The Balaban J connectivity index is 4.15. The number of ether oxygens (including phenoxy) is 1. The molecule has 1 atom stereocenters. The van der Waals surface area contributed by atoms with E-state index in [-0.39, 0.29) is 18.0 Å². The first-order chi connectivity index (χ1) is 10.5. The molecule has 0 saturated heterocycles. The second-order valence-electron chi connectivity index (χ2n) is 4.69. The van der Waals surface area contributed by atoms with Gasteiger partial charge in [-0.3, -0.25) is 9.36 Å². The summed E-state index contributed by atoms with van der Waals surface area (Å²) in [6, 6.07) is 0. The van der Waals surface area contributed by atoms with Gasteiger partial charge in [0.1, 0.15) is 0 Å². The monoisotopic (exact) mass is 330 g/mol. The van der Waals surface area contributed by atoms with Crippen molar-refractivity contribution in [2.24, 2.45) is 5.92 Å². The van der Waals surface area contributed by atoms with Crippen LogP contribution in [0.2, 0.25) is 0 Å². The van der Waals surface area contributed by atoms with E-state index in [1.54, 1.807) is 26.0 Å². The molecule has 0 aliphatic rings. The van der Waals surface area contributed by atoms with E-state index in [0.717, 1.165) is 12.8 Å². The molecule has 0 fully saturated rings. The lowest BCUT2D eigenvalue weighted by molar-refractivity contribution is -0.140. The molecule has 0 radical (unpaired) electrons. The van der Waals surface area contributed by atoms with Gasteiger partial charge in [0.25, 0.3) is 0 Å². The summed E-state index contributed by atoms with van der Waals surface area (Å²) in [6.45, 7) is 6.28. The largest absolute Gasteiger partial charge is 0.469 e. The third kappa shape index (κ3) is 10.6. The van der Waals surface area contributed by atoms with Gasteiger partial charge >= 0.3 is 13.6 Å². The van der Waals surface area contributed by atoms with Crippen LogP contribution in [0.1, 0.15) is 40.0 Å². The van der Waals surface area contributed by atoms with Crippen molar-refractivity contribution in [3.63, 3.8) is 0 Å². The molecule has 0 heterocycles. The molecular weight excluding hydrogens is 303 g/mol. The van der Waals surface area contributed by atoms with Crippen LogP contribution in [0.3, 0.4) is 0 Å². The molecule has 0 saturated carbocycles. The van der Waals surface area contributed by atoms with Crippen LogP contribution in [0.25, 0.3) is 0 Å². The molecule has 0 rings (SSSR count). The summed E-state index contributed by atoms with van der Waals surface area (Å²) in [5.74, 6) is 5.98. The third-order valence-electron chi connectivity index (χ3n) is 2.76. The highest BCUT2D eigenvalue weighted by atomic mass is 31.2. The van der Waals surface area contributed by atoms with Gasteiger partial charge in [-0.05, 0) is 32.8 Å². The smallest absolute Gasteiger partial charge is 0.334 e. The average Bonchev–Trinajstić information content (AvgIpc) is 2.47. The zero-order chi connectivity index (χ0) is 16.8. The zero-order valence-electron chi connectivity index (χ0n) is 14.0. The third-order valence-corrected chi connectivity index (χ3v) is 4.72. The Kier molecular flexibility index (Phi) is 11.9. The topological polar surface area (TPSA) is 61.8 Å². The minimum absolute atomic E-state index is 0.192. The van der Waals surface area contributed by atoms with Crippen LogP contribution in [0.5, 0.6) is 0 Å². The molecule has 126 valence electrons.